The van der Waals surface area contributed by atoms with Crippen molar-refractivity contribution in [2.45, 2.75) is 6.04 Å². The van der Waals surface area contributed by atoms with Crippen LogP contribution in [-0.4, -0.2) is 18.0 Å². The van der Waals surface area contributed by atoms with Crippen LogP contribution in [0, 0.1) is 0 Å². The van der Waals surface area contributed by atoms with Crippen LogP contribution in [0.25, 0.3) is 0 Å². The summed E-state index contributed by atoms with van der Waals surface area (Å²) in [5, 5.41) is 5.62. The Morgan fingerprint density at radius 3 is 2.87 bits per heavy atom. The van der Waals surface area contributed by atoms with E-state index >= 15 is 0 Å². The van der Waals surface area contributed by atoms with Gasteiger partial charge in [-0.1, -0.05) is 41.0 Å². The van der Waals surface area contributed by atoms with E-state index in [4.69, 9.17) is 23.2 Å². The highest BCUT2D eigenvalue weighted by atomic mass is 35.5. The molecule has 0 saturated carbocycles. The summed E-state index contributed by atoms with van der Waals surface area (Å²) in [4.78, 5) is 4.35. The Labute approximate surface area is 103 Å². The number of aliphatic imine (C=N–C) groups is 1. The normalized spacial score (nSPS) is 19.9. The first-order valence-electron chi connectivity index (χ1n) is 4.50. The third-order valence-corrected chi connectivity index (χ3v) is 3.44. The summed E-state index contributed by atoms with van der Waals surface area (Å²) in [6, 6.07) is 5.73. The first kappa shape index (κ1) is 11.1. The first-order chi connectivity index (χ1) is 7.20. The summed E-state index contributed by atoms with van der Waals surface area (Å²) in [5.74, 6) is 0. The summed E-state index contributed by atoms with van der Waals surface area (Å²) < 4.78 is 0. The molecule has 1 atom stereocenters. The summed E-state index contributed by atoms with van der Waals surface area (Å²) in [7, 11) is 0. The molecule has 0 bridgehead atoms. The minimum absolute atomic E-state index is 0.178. The molecule has 0 aromatic heterocycles. The Morgan fingerprint density at radius 1 is 1.47 bits per heavy atom. The van der Waals surface area contributed by atoms with Crippen LogP contribution in [0.3, 0.4) is 0 Å². The zero-order valence-electron chi connectivity index (χ0n) is 8.13. The first-order valence-corrected chi connectivity index (χ1v) is 6.48. The quantitative estimate of drug-likeness (QED) is 0.838. The van der Waals surface area contributed by atoms with Crippen LogP contribution >= 0.6 is 35.0 Å². The third kappa shape index (κ3) is 2.41. The van der Waals surface area contributed by atoms with Gasteiger partial charge >= 0.3 is 0 Å². The molecule has 80 valence electrons. The molecule has 2 rings (SSSR count). The monoisotopic (exact) mass is 260 g/mol. The topological polar surface area (TPSA) is 24.4 Å². The van der Waals surface area contributed by atoms with Crippen molar-refractivity contribution in [2.24, 2.45) is 4.99 Å². The van der Waals surface area contributed by atoms with Gasteiger partial charge in [0.1, 0.15) is 0 Å². The lowest BCUT2D eigenvalue weighted by atomic mass is 10.1. The van der Waals surface area contributed by atoms with E-state index in [9.17, 15) is 0 Å². The summed E-state index contributed by atoms with van der Waals surface area (Å²) >= 11 is 13.6. The Kier molecular flexibility index (Phi) is 3.44. The molecule has 5 heteroatoms. The van der Waals surface area contributed by atoms with Crippen LogP contribution in [-0.2, 0) is 0 Å². The average Bonchev–Trinajstić information content (AvgIpc) is 2.66. The summed E-state index contributed by atoms with van der Waals surface area (Å²) in [6.07, 6.45) is 2.00. The lowest BCUT2D eigenvalue weighted by Crippen LogP contribution is -2.20. The van der Waals surface area contributed by atoms with Crippen LogP contribution in [0.15, 0.2) is 23.2 Å². The Balaban J connectivity index is 2.18. The highest BCUT2D eigenvalue weighted by Gasteiger charge is 2.20. The van der Waals surface area contributed by atoms with E-state index in [0.29, 0.717) is 10.0 Å². The Bertz CT molecular complexity index is 406. The predicted molar refractivity (Wildman–Crippen MR) is 68.2 cm³/mol. The van der Waals surface area contributed by atoms with Gasteiger partial charge in [0.2, 0.25) is 0 Å². The molecule has 1 heterocycles. The molecule has 1 aliphatic rings. The van der Waals surface area contributed by atoms with Crippen molar-refractivity contribution in [1.29, 1.82) is 0 Å². The minimum Gasteiger partial charge on any atom is -0.356 e. The standard InChI is InChI=1S/C10H10Cl2N2S/c1-15-10-13-5-9(14-10)7-3-2-6(11)4-8(7)12/h2-4,9H,5H2,1H3,(H,13,14). The van der Waals surface area contributed by atoms with E-state index in [2.05, 4.69) is 10.3 Å². The number of amidine groups is 1. The number of hydrogen-bond acceptors (Lipinski definition) is 3. The maximum atomic E-state index is 6.12. The van der Waals surface area contributed by atoms with Crippen molar-refractivity contribution < 1.29 is 0 Å². The lowest BCUT2D eigenvalue weighted by Gasteiger charge is -2.13. The molecule has 1 N–H and O–H groups in total. The zero-order valence-corrected chi connectivity index (χ0v) is 10.5. The Hall–Kier alpha value is -0.380. The third-order valence-electron chi connectivity index (χ3n) is 2.25. The van der Waals surface area contributed by atoms with Crippen LogP contribution in [0.2, 0.25) is 10.0 Å². The summed E-state index contributed by atoms with van der Waals surface area (Å²) in [5.41, 5.74) is 1.05. The number of thioether (sulfide) groups is 1. The average molecular weight is 261 g/mol. The van der Waals surface area contributed by atoms with Gasteiger partial charge in [-0.15, -0.1) is 0 Å². The number of rotatable bonds is 1. The number of benzene rings is 1. The van der Waals surface area contributed by atoms with E-state index in [-0.39, 0.29) is 6.04 Å². The van der Waals surface area contributed by atoms with E-state index in [1.165, 1.54) is 0 Å². The molecular formula is C10H10Cl2N2S. The molecule has 2 nitrogen and oxygen atoms in total. The highest BCUT2D eigenvalue weighted by Crippen LogP contribution is 2.28. The van der Waals surface area contributed by atoms with Gasteiger partial charge in [0, 0.05) is 10.0 Å². The van der Waals surface area contributed by atoms with Gasteiger partial charge in [0.15, 0.2) is 5.17 Å². The molecule has 0 radical (unpaired) electrons. The second kappa shape index (κ2) is 4.64. The van der Waals surface area contributed by atoms with Crippen LogP contribution < -0.4 is 5.32 Å². The Morgan fingerprint density at radius 2 is 2.27 bits per heavy atom. The largest absolute Gasteiger partial charge is 0.356 e. The van der Waals surface area contributed by atoms with E-state index in [1.54, 1.807) is 17.8 Å². The molecule has 0 aliphatic carbocycles. The maximum absolute atomic E-state index is 6.12. The fourth-order valence-electron chi connectivity index (χ4n) is 1.50. The molecular weight excluding hydrogens is 251 g/mol. The van der Waals surface area contributed by atoms with Crippen molar-refractivity contribution >= 4 is 40.1 Å². The predicted octanol–water partition coefficient (Wildman–Crippen LogP) is 3.36. The molecule has 0 spiro atoms. The number of nitrogens with one attached hydrogen (secondary N) is 1. The summed E-state index contributed by atoms with van der Waals surface area (Å²) in [6.45, 7) is 0.734. The molecule has 1 unspecified atom stereocenters. The smallest absolute Gasteiger partial charge is 0.156 e. The fraction of sp³-hybridized carbons (Fsp3) is 0.300. The van der Waals surface area contributed by atoms with Crippen LogP contribution in [0.1, 0.15) is 11.6 Å². The van der Waals surface area contributed by atoms with Crippen molar-refractivity contribution in [3.05, 3.63) is 33.8 Å². The van der Waals surface area contributed by atoms with Crippen molar-refractivity contribution in [1.82, 2.24) is 5.32 Å². The van der Waals surface area contributed by atoms with Crippen molar-refractivity contribution in [3.63, 3.8) is 0 Å². The molecule has 0 amide bonds. The van der Waals surface area contributed by atoms with Gasteiger partial charge in [-0.2, -0.15) is 0 Å². The maximum Gasteiger partial charge on any atom is 0.156 e. The van der Waals surface area contributed by atoms with Crippen LogP contribution in [0.4, 0.5) is 0 Å². The minimum atomic E-state index is 0.178. The number of nitrogens with zero attached hydrogens (tertiary/aromatic N) is 1. The molecule has 0 fully saturated rings. The van der Waals surface area contributed by atoms with Gasteiger partial charge in [-0.05, 0) is 24.0 Å². The van der Waals surface area contributed by atoms with Crippen molar-refractivity contribution in [3.8, 4) is 0 Å². The molecule has 1 aromatic rings. The lowest BCUT2D eigenvalue weighted by molar-refractivity contribution is 0.712. The van der Waals surface area contributed by atoms with E-state index < -0.39 is 0 Å². The van der Waals surface area contributed by atoms with E-state index in [0.717, 1.165) is 17.3 Å². The molecule has 1 aromatic carbocycles. The van der Waals surface area contributed by atoms with E-state index in [1.807, 2.05) is 18.4 Å². The fourth-order valence-corrected chi connectivity index (χ4v) is 2.50. The van der Waals surface area contributed by atoms with Crippen LogP contribution in [0.5, 0.6) is 0 Å². The SMILES string of the molecule is CSC1=NCC(c2ccc(Cl)cc2Cl)N1. The second-order valence-corrected chi connectivity index (χ2v) is 4.85. The number of halogens is 2. The zero-order chi connectivity index (χ0) is 10.8. The molecule has 15 heavy (non-hydrogen) atoms. The molecule has 1 aliphatic heterocycles. The second-order valence-electron chi connectivity index (χ2n) is 3.21. The van der Waals surface area contributed by atoms with Gasteiger partial charge in [-0.3, -0.25) is 4.99 Å². The highest BCUT2D eigenvalue weighted by molar-refractivity contribution is 8.13. The van der Waals surface area contributed by atoms with Gasteiger partial charge in [-0.25, -0.2) is 0 Å². The van der Waals surface area contributed by atoms with Gasteiger partial charge in [0.05, 0.1) is 12.6 Å². The molecule has 0 saturated heterocycles. The van der Waals surface area contributed by atoms with Gasteiger partial charge in [0.25, 0.3) is 0 Å². The number of hydrogen-bond donors (Lipinski definition) is 1. The van der Waals surface area contributed by atoms with Crippen molar-refractivity contribution in [2.75, 3.05) is 12.8 Å². The van der Waals surface area contributed by atoms with Gasteiger partial charge < -0.3 is 5.32 Å².